The number of carbonyl (C=O) groups is 1. The average Bonchev–Trinajstić information content (AvgIpc) is 2.68. The lowest BCUT2D eigenvalue weighted by Gasteiger charge is -2.12. The van der Waals surface area contributed by atoms with E-state index < -0.39 is 5.97 Å². The maximum atomic E-state index is 12.1. The number of esters is 1. The second kappa shape index (κ2) is 11.0. The molecule has 0 aromatic heterocycles. The highest BCUT2D eigenvalue weighted by atomic mass is 16.6. The molecule has 0 radical (unpaired) electrons. The van der Waals surface area contributed by atoms with Crippen molar-refractivity contribution in [1.82, 2.24) is 0 Å². The molecule has 0 saturated heterocycles. The van der Waals surface area contributed by atoms with Crippen molar-refractivity contribution in [3.8, 4) is 23.0 Å². The van der Waals surface area contributed by atoms with E-state index in [2.05, 4.69) is 13.8 Å². The molecule has 0 atom stereocenters. The van der Waals surface area contributed by atoms with Crippen LogP contribution < -0.4 is 18.9 Å². The van der Waals surface area contributed by atoms with Crippen molar-refractivity contribution in [2.24, 2.45) is 5.92 Å². The lowest BCUT2D eigenvalue weighted by atomic mass is 10.1. The van der Waals surface area contributed by atoms with Crippen LogP contribution in [0.1, 0.15) is 32.8 Å². The summed E-state index contributed by atoms with van der Waals surface area (Å²) in [5.74, 6) is 2.34. The Morgan fingerprint density at radius 2 is 1.71 bits per heavy atom. The Labute approximate surface area is 166 Å². The van der Waals surface area contributed by atoms with Gasteiger partial charge < -0.3 is 18.9 Å². The number of ether oxygens (including phenoxy) is 4. The fraction of sp³-hybridized carbons (Fsp3) is 0.348. The Bertz CT molecular complexity index is 795. The second-order valence-electron chi connectivity index (χ2n) is 6.58. The van der Waals surface area contributed by atoms with Crippen LogP contribution in [0.2, 0.25) is 0 Å². The number of benzene rings is 2. The first kappa shape index (κ1) is 21.4. The molecule has 0 aliphatic heterocycles. The lowest BCUT2D eigenvalue weighted by Crippen LogP contribution is -2.05. The summed E-state index contributed by atoms with van der Waals surface area (Å²) in [4.78, 5) is 12.1. The van der Waals surface area contributed by atoms with Crippen LogP contribution in [0.4, 0.5) is 0 Å². The molecule has 0 spiro atoms. The summed E-state index contributed by atoms with van der Waals surface area (Å²) in [6, 6.07) is 12.6. The number of hydrogen-bond acceptors (Lipinski definition) is 5. The van der Waals surface area contributed by atoms with Crippen LogP contribution in [0.25, 0.3) is 6.08 Å². The van der Waals surface area contributed by atoms with Crippen LogP contribution in [0.15, 0.2) is 48.5 Å². The molecule has 0 unspecified atom stereocenters. The van der Waals surface area contributed by atoms with Crippen molar-refractivity contribution in [2.45, 2.75) is 27.2 Å². The molecule has 2 rings (SSSR count). The molecule has 0 saturated carbocycles. The summed E-state index contributed by atoms with van der Waals surface area (Å²) >= 11 is 0. The molecule has 0 bridgehead atoms. The van der Waals surface area contributed by atoms with Gasteiger partial charge in [-0.25, -0.2) is 4.79 Å². The van der Waals surface area contributed by atoms with E-state index >= 15 is 0 Å². The maximum Gasteiger partial charge on any atom is 0.336 e. The Kier molecular flexibility index (Phi) is 8.40. The lowest BCUT2D eigenvalue weighted by molar-refractivity contribution is -0.129. The maximum absolute atomic E-state index is 12.1. The van der Waals surface area contributed by atoms with E-state index in [9.17, 15) is 4.79 Å². The van der Waals surface area contributed by atoms with E-state index in [1.54, 1.807) is 31.4 Å². The van der Waals surface area contributed by atoms with Gasteiger partial charge in [0, 0.05) is 6.08 Å². The van der Waals surface area contributed by atoms with Gasteiger partial charge in [-0.3, -0.25) is 0 Å². The number of para-hydroxylation sites is 2. The van der Waals surface area contributed by atoms with Crippen molar-refractivity contribution >= 4 is 12.0 Å². The molecule has 2 aromatic carbocycles. The minimum absolute atomic E-state index is 0.394. The summed E-state index contributed by atoms with van der Waals surface area (Å²) < 4.78 is 22.0. The van der Waals surface area contributed by atoms with Gasteiger partial charge in [-0.15, -0.1) is 0 Å². The first-order valence-electron chi connectivity index (χ1n) is 9.46. The Morgan fingerprint density at radius 1 is 1.00 bits per heavy atom. The van der Waals surface area contributed by atoms with Crippen LogP contribution in [0.3, 0.4) is 0 Å². The zero-order valence-electron chi connectivity index (χ0n) is 16.9. The van der Waals surface area contributed by atoms with E-state index in [1.807, 2.05) is 31.2 Å². The minimum Gasteiger partial charge on any atom is -0.493 e. The topological polar surface area (TPSA) is 54.0 Å². The first-order chi connectivity index (χ1) is 13.5. The third-order valence-electron chi connectivity index (χ3n) is 3.91. The van der Waals surface area contributed by atoms with Gasteiger partial charge in [-0.2, -0.15) is 0 Å². The zero-order valence-corrected chi connectivity index (χ0v) is 16.9. The highest BCUT2D eigenvalue weighted by molar-refractivity contribution is 5.89. The molecular formula is C23H28O5. The molecule has 0 aliphatic rings. The van der Waals surface area contributed by atoms with E-state index in [4.69, 9.17) is 18.9 Å². The standard InChI is InChI=1S/C23H28O5/c1-5-26-19-8-6-7-9-21(19)28-23(24)13-11-18-10-12-20(22(16-18)25-4)27-15-14-17(2)3/h6-13,16-17H,5,14-15H2,1-4H3/b13-11+. The van der Waals surface area contributed by atoms with Crippen LogP contribution in [-0.2, 0) is 4.79 Å². The molecule has 28 heavy (non-hydrogen) atoms. The van der Waals surface area contributed by atoms with Gasteiger partial charge in [0.1, 0.15) is 0 Å². The van der Waals surface area contributed by atoms with Gasteiger partial charge in [-0.1, -0.05) is 32.0 Å². The van der Waals surface area contributed by atoms with Crippen molar-refractivity contribution in [3.63, 3.8) is 0 Å². The van der Waals surface area contributed by atoms with Gasteiger partial charge >= 0.3 is 5.97 Å². The highest BCUT2D eigenvalue weighted by Crippen LogP contribution is 2.29. The predicted octanol–water partition coefficient (Wildman–Crippen LogP) is 5.14. The molecule has 0 heterocycles. The quantitative estimate of drug-likeness (QED) is 0.323. The van der Waals surface area contributed by atoms with E-state index in [1.165, 1.54) is 6.08 Å². The summed E-state index contributed by atoms with van der Waals surface area (Å²) in [7, 11) is 1.59. The average molecular weight is 384 g/mol. The molecule has 2 aromatic rings. The van der Waals surface area contributed by atoms with Crippen LogP contribution >= 0.6 is 0 Å². The number of hydrogen-bond donors (Lipinski definition) is 0. The van der Waals surface area contributed by atoms with E-state index in [0.717, 1.165) is 12.0 Å². The second-order valence-corrected chi connectivity index (χ2v) is 6.58. The Hall–Kier alpha value is -2.95. The number of methoxy groups -OCH3 is 1. The molecular weight excluding hydrogens is 356 g/mol. The largest absolute Gasteiger partial charge is 0.493 e. The van der Waals surface area contributed by atoms with Gasteiger partial charge in [0.15, 0.2) is 23.0 Å². The summed E-state index contributed by atoms with van der Waals surface area (Å²) in [5.41, 5.74) is 0.808. The van der Waals surface area contributed by atoms with Gasteiger partial charge in [0.05, 0.1) is 20.3 Å². The monoisotopic (exact) mass is 384 g/mol. The third-order valence-corrected chi connectivity index (χ3v) is 3.91. The SMILES string of the molecule is CCOc1ccccc1OC(=O)/C=C/c1ccc(OCCC(C)C)c(OC)c1. The van der Waals surface area contributed by atoms with Crippen molar-refractivity contribution in [3.05, 3.63) is 54.1 Å². The molecule has 0 fully saturated rings. The molecule has 150 valence electrons. The van der Waals surface area contributed by atoms with Gasteiger partial charge in [0.25, 0.3) is 0 Å². The molecule has 0 aliphatic carbocycles. The first-order valence-corrected chi connectivity index (χ1v) is 9.46. The van der Waals surface area contributed by atoms with E-state index in [-0.39, 0.29) is 0 Å². The van der Waals surface area contributed by atoms with Crippen molar-refractivity contribution < 1.29 is 23.7 Å². The third kappa shape index (κ3) is 6.65. The van der Waals surface area contributed by atoms with Crippen molar-refractivity contribution in [1.29, 1.82) is 0 Å². The Balaban J connectivity index is 2.02. The smallest absolute Gasteiger partial charge is 0.336 e. The normalized spacial score (nSPS) is 10.9. The molecule has 0 amide bonds. The fourth-order valence-corrected chi connectivity index (χ4v) is 2.43. The van der Waals surface area contributed by atoms with Crippen LogP contribution in [0, 0.1) is 5.92 Å². The summed E-state index contributed by atoms with van der Waals surface area (Å²) in [6.45, 7) is 7.31. The summed E-state index contributed by atoms with van der Waals surface area (Å²) in [6.07, 6.45) is 4.02. The minimum atomic E-state index is -0.483. The van der Waals surface area contributed by atoms with Crippen LogP contribution in [-0.4, -0.2) is 26.3 Å². The molecule has 5 nitrogen and oxygen atoms in total. The summed E-state index contributed by atoms with van der Waals surface area (Å²) in [5, 5.41) is 0. The number of carbonyl (C=O) groups excluding carboxylic acids is 1. The zero-order chi connectivity index (χ0) is 20.4. The Morgan fingerprint density at radius 3 is 2.39 bits per heavy atom. The van der Waals surface area contributed by atoms with Gasteiger partial charge in [-0.05, 0) is 55.2 Å². The molecule has 0 N–H and O–H groups in total. The number of rotatable bonds is 10. The van der Waals surface area contributed by atoms with Gasteiger partial charge in [0.2, 0.25) is 0 Å². The highest BCUT2D eigenvalue weighted by Gasteiger charge is 2.08. The van der Waals surface area contributed by atoms with Crippen molar-refractivity contribution in [2.75, 3.05) is 20.3 Å². The van der Waals surface area contributed by atoms with Crippen LogP contribution in [0.5, 0.6) is 23.0 Å². The predicted molar refractivity (Wildman–Crippen MR) is 110 cm³/mol. The molecule has 5 heteroatoms. The van der Waals surface area contributed by atoms with E-state index in [0.29, 0.717) is 42.1 Å². The fourth-order valence-electron chi connectivity index (χ4n) is 2.43.